The van der Waals surface area contributed by atoms with E-state index in [1.54, 1.807) is 0 Å². The Kier molecular flexibility index (Phi) is 4.76. The van der Waals surface area contributed by atoms with Crippen LogP contribution in [0.1, 0.15) is 0 Å². The van der Waals surface area contributed by atoms with Gasteiger partial charge in [0.15, 0.2) is 0 Å². The number of rotatable bonds is 5. The van der Waals surface area contributed by atoms with E-state index >= 15 is 0 Å². The topological polar surface area (TPSA) is 89.3 Å². The summed E-state index contributed by atoms with van der Waals surface area (Å²) in [6.45, 7) is -0.262. The molecule has 0 aliphatic carbocycles. The maximum absolute atomic E-state index is 11.7. The van der Waals surface area contributed by atoms with Crippen LogP contribution in [0.3, 0.4) is 0 Å². The van der Waals surface area contributed by atoms with Crippen molar-refractivity contribution >= 4 is 39.1 Å². The Morgan fingerprint density at radius 2 is 1.88 bits per heavy atom. The van der Waals surface area contributed by atoms with Gasteiger partial charge in [0, 0.05) is 11.6 Å². The number of carbonyl (C=O) groups is 1. The molecule has 0 aliphatic heterocycles. The van der Waals surface area contributed by atoms with Crippen LogP contribution >= 0.6 is 23.2 Å². The predicted molar refractivity (Wildman–Crippen MR) is 65.5 cm³/mol. The minimum atomic E-state index is -3.71. The zero-order valence-corrected chi connectivity index (χ0v) is 10.9. The fraction of sp³-hybridized carbons (Fsp3) is 0.222. The number of alkyl halides is 1. The summed E-state index contributed by atoms with van der Waals surface area (Å²) in [6, 6.07) is 5.58. The first-order chi connectivity index (χ1) is 7.83. The van der Waals surface area contributed by atoms with Gasteiger partial charge in [-0.3, -0.25) is 4.79 Å². The summed E-state index contributed by atoms with van der Waals surface area (Å²) in [6.07, 6.45) is 0. The van der Waals surface area contributed by atoms with Gasteiger partial charge in [-0.2, -0.15) is 0 Å². The molecule has 94 valence electrons. The number of benzene rings is 1. The second-order valence-corrected chi connectivity index (χ2v) is 5.91. The van der Waals surface area contributed by atoms with Crippen LogP contribution in [0.15, 0.2) is 29.2 Å². The van der Waals surface area contributed by atoms with Crippen molar-refractivity contribution in [3.8, 4) is 0 Å². The summed E-state index contributed by atoms with van der Waals surface area (Å²) in [5.74, 6) is -0.787. The molecule has 1 amide bonds. The van der Waals surface area contributed by atoms with E-state index in [4.69, 9.17) is 28.9 Å². The zero-order chi connectivity index (χ0) is 13.1. The highest BCUT2D eigenvalue weighted by Gasteiger charge is 2.18. The molecule has 1 rings (SSSR count). The molecule has 0 aliphatic rings. The SMILES string of the molecule is NC(=O)C(Cl)CNS(=O)(=O)c1ccc(Cl)cc1. The molecule has 5 nitrogen and oxygen atoms in total. The van der Waals surface area contributed by atoms with Gasteiger partial charge >= 0.3 is 0 Å². The van der Waals surface area contributed by atoms with Crippen LogP contribution < -0.4 is 10.5 Å². The Balaban J connectivity index is 2.76. The largest absolute Gasteiger partial charge is 0.368 e. The third-order valence-electron chi connectivity index (χ3n) is 1.89. The van der Waals surface area contributed by atoms with Gasteiger partial charge in [0.05, 0.1) is 4.90 Å². The summed E-state index contributed by atoms with van der Waals surface area (Å²) >= 11 is 11.1. The van der Waals surface area contributed by atoms with Gasteiger partial charge in [-0.1, -0.05) is 11.6 Å². The molecule has 0 saturated heterocycles. The number of primary amides is 1. The zero-order valence-electron chi connectivity index (χ0n) is 8.56. The van der Waals surface area contributed by atoms with E-state index in [0.29, 0.717) is 5.02 Å². The van der Waals surface area contributed by atoms with Crippen molar-refractivity contribution in [1.29, 1.82) is 0 Å². The molecular formula is C9H10Cl2N2O3S. The maximum Gasteiger partial charge on any atom is 0.240 e. The highest BCUT2D eigenvalue weighted by Crippen LogP contribution is 2.13. The Hall–Kier alpha value is -0.820. The summed E-state index contributed by atoms with van der Waals surface area (Å²) in [4.78, 5) is 10.7. The van der Waals surface area contributed by atoms with E-state index in [1.165, 1.54) is 24.3 Å². The van der Waals surface area contributed by atoms with Crippen LogP contribution in [0.5, 0.6) is 0 Å². The molecule has 1 aromatic carbocycles. The lowest BCUT2D eigenvalue weighted by atomic mass is 10.4. The van der Waals surface area contributed by atoms with Gasteiger partial charge in [-0.05, 0) is 24.3 Å². The molecule has 1 aromatic rings. The third-order valence-corrected chi connectivity index (χ3v) is 3.95. The van der Waals surface area contributed by atoms with E-state index in [0.717, 1.165) is 0 Å². The van der Waals surface area contributed by atoms with Crippen LogP contribution in [0.25, 0.3) is 0 Å². The smallest absolute Gasteiger partial charge is 0.240 e. The van der Waals surface area contributed by atoms with Crippen molar-refractivity contribution in [2.75, 3.05) is 6.54 Å². The minimum absolute atomic E-state index is 0.0373. The van der Waals surface area contributed by atoms with Crippen molar-refractivity contribution in [3.05, 3.63) is 29.3 Å². The van der Waals surface area contributed by atoms with E-state index in [2.05, 4.69) is 4.72 Å². The van der Waals surface area contributed by atoms with Crippen LogP contribution in [0.2, 0.25) is 5.02 Å². The second-order valence-electron chi connectivity index (χ2n) is 3.18. The number of hydrogen-bond acceptors (Lipinski definition) is 3. The lowest BCUT2D eigenvalue weighted by molar-refractivity contribution is -0.117. The number of sulfonamides is 1. The molecule has 0 bridgehead atoms. The Morgan fingerprint density at radius 1 is 1.35 bits per heavy atom. The summed E-state index contributed by atoms with van der Waals surface area (Å²) in [5.41, 5.74) is 4.90. The Labute approximate surface area is 109 Å². The molecular weight excluding hydrogens is 287 g/mol. The molecule has 0 spiro atoms. The van der Waals surface area contributed by atoms with Gasteiger partial charge < -0.3 is 5.73 Å². The molecule has 0 fully saturated rings. The lowest BCUT2D eigenvalue weighted by Gasteiger charge is -2.08. The van der Waals surface area contributed by atoms with Gasteiger partial charge in [0.1, 0.15) is 5.38 Å². The fourth-order valence-corrected chi connectivity index (χ4v) is 2.32. The number of hydrogen-bond donors (Lipinski definition) is 2. The van der Waals surface area contributed by atoms with E-state index in [1.807, 2.05) is 0 Å². The normalized spacial score (nSPS) is 13.3. The highest BCUT2D eigenvalue weighted by atomic mass is 35.5. The van der Waals surface area contributed by atoms with Gasteiger partial charge in [-0.25, -0.2) is 13.1 Å². The number of amides is 1. The molecule has 0 heterocycles. The number of carbonyl (C=O) groups excluding carboxylic acids is 1. The molecule has 1 unspecified atom stereocenters. The maximum atomic E-state index is 11.7. The van der Waals surface area contributed by atoms with Crippen molar-refractivity contribution in [1.82, 2.24) is 4.72 Å². The molecule has 1 atom stereocenters. The van der Waals surface area contributed by atoms with Crippen molar-refractivity contribution in [2.45, 2.75) is 10.3 Å². The third kappa shape index (κ3) is 4.16. The summed E-state index contributed by atoms with van der Waals surface area (Å²) < 4.78 is 25.6. The Morgan fingerprint density at radius 3 is 2.35 bits per heavy atom. The molecule has 8 heteroatoms. The quantitative estimate of drug-likeness (QED) is 0.784. The average Bonchev–Trinajstić information content (AvgIpc) is 2.26. The van der Waals surface area contributed by atoms with Gasteiger partial charge in [0.25, 0.3) is 0 Å². The second kappa shape index (κ2) is 5.68. The predicted octanol–water partition coefficient (Wildman–Crippen LogP) is 0.711. The molecule has 3 N–H and O–H groups in total. The van der Waals surface area contributed by atoms with E-state index in [9.17, 15) is 13.2 Å². The first kappa shape index (κ1) is 14.2. The minimum Gasteiger partial charge on any atom is -0.368 e. The summed E-state index contributed by atoms with van der Waals surface area (Å²) in [7, 11) is -3.71. The molecule has 0 saturated carbocycles. The van der Waals surface area contributed by atoms with Crippen LogP contribution in [-0.2, 0) is 14.8 Å². The van der Waals surface area contributed by atoms with Crippen molar-refractivity contribution in [2.24, 2.45) is 5.73 Å². The standard InChI is InChI=1S/C9H10Cl2N2O3S/c10-6-1-3-7(4-2-6)17(15,16)13-5-8(11)9(12)14/h1-4,8,13H,5H2,(H2,12,14). The average molecular weight is 297 g/mol. The van der Waals surface area contributed by atoms with Gasteiger partial charge in [-0.15, -0.1) is 11.6 Å². The van der Waals surface area contributed by atoms with Crippen LogP contribution in [0, 0.1) is 0 Å². The number of nitrogens with two attached hydrogens (primary N) is 1. The first-order valence-corrected chi connectivity index (χ1v) is 6.81. The molecule has 0 aromatic heterocycles. The van der Waals surface area contributed by atoms with E-state index < -0.39 is 21.3 Å². The van der Waals surface area contributed by atoms with Crippen LogP contribution in [-0.4, -0.2) is 26.2 Å². The number of halogens is 2. The monoisotopic (exact) mass is 296 g/mol. The fourth-order valence-electron chi connectivity index (χ4n) is 0.981. The van der Waals surface area contributed by atoms with Gasteiger partial charge in [0.2, 0.25) is 15.9 Å². The number of nitrogens with one attached hydrogen (secondary N) is 1. The van der Waals surface area contributed by atoms with E-state index in [-0.39, 0.29) is 11.4 Å². The summed E-state index contributed by atoms with van der Waals surface area (Å²) in [5, 5.41) is -0.659. The highest BCUT2D eigenvalue weighted by molar-refractivity contribution is 7.89. The van der Waals surface area contributed by atoms with Crippen LogP contribution in [0.4, 0.5) is 0 Å². The Bertz CT molecular complexity index is 501. The lowest BCUT2D eigenvalue weighted by Crippen LogP contribution is -2.36. The van der Waals surface area contributed by atoms with Crippen molar-refractivity contribution in [3.63, 3.8) is 0 Å². The first-order valence-electron chi connectivity index (χ1n) is 4.51. The molecule has 17 heavy (non-hydrogen) atoms. The molecule has 0 radical (unpaired) electrons. The van der Waals surface area contributed by atoms with Crippen molar-refractivity contribution < 1.29 is 13.2 Å².